The summed E-state index contributed by atoms with van der Waals surface area (Å²) >= 11 is 0. The second kappa shape index (κ2) is 7.21. The van der Waals surface area contributed by atoms with E-state index in [-0.39, 0.29) is 17.7 Å². The fraction of sp³-hybridized carbons (Fsp3) is 0.611. The van der Waals surface area contributed by atoms with E-state index < -0.39 is 0 Å². The number of benzene rings is 1. The van der Waals surface area contributed by atoms with Gasteiger partial charge in [0.25, 0.3) is 0 Å². The highest BCUT2D eigenvalue weighted by Crippen LogP contribution is 2.27. The topological polar surface area (TPSA) is 69.8 Å². The van der Waals surface area contributed by atoms with E-state index in [1.807, 2.05) is 17.0 Å². The average Bonchev–Trinajstić information content (AvgIpc) is 2.58. The summed E-state index contributed by atoms with van der Waals surface area (Å²) in [5.74, 6) is 0.912. The normalized spacial score (nSPS) is 25.4. The van der Waals surface area contributed by atoms with Gasteiger partial charge in [-0.2, -0.15) is 0 Å². The molecule has 3 N–H and O–H groups in total. The van der Waals surface area contributed by atoms with Gasteiger partial charge in [-0.15, -0.1) is 0 Å². The van der Waals surface area contributed by atoms with Crippen molar-refractivity contribution >= 4 is 11.6 Å². The zero-order valence-electron chi connectivity index (χ0n) is 13.7. The van der Waals surface area contributed by atoms with Crippen molar-refractivity contribution in [3.05, 3.63) is 24.3 Å². The molecule has 2 aliphatic rings. The average molecular weight is 317 g/mol. The molecule has 1 amide bonds. The number of piperazine rings is 1. The summed E-state index contributed by atoms with van der Waals surface area (Å²) < 4.78 is 0. The van der Waals surface area contributed by atoms with Crippen LogP contribution in [-0.2, 0) is 4.79 Å². The highest BCUT2D eigenvalue weighted by atomic mass is 16.3. The lowest BCUT2D eigenvalue weighted by atomic mass is 9.82. The van der Waals surface area contributed by atoms with Crippen LogP contribution < -0.4 is 10.6 Å². The van der Waals surface area contributed by atoms with Crippen molar-refractivity contribution in [1.82, 2.24) is 4.90 Å². The molecule has 0 radical (unpaired) electrons. The predicted octanol–water partition coefficient (Wildman–Crippen LogP) is 1.95. The lowest BCUT2D eigenvalue weighted by Gasteiger charge is -2.37. The van der Waals surface area contributed by atoms with E-state index in [4.69, 9.17) is 5.73 Å². The van der Waals surface area contributed by atoms with Gasteiger partial charge in [0.05, 0.1) is 0 Å². The maximum Gasteiger partial charge on any atom is 0.223 e. The van der Waals surface area contributed by atoms with Gasteiger partial charge in [0.2, 0.25) is 5.91 Å². The highest BCUT2D eigenvalue weighted by Gasteiger charge is 2.28. The molecule has 2 unspecified atom stereocenters. The van der Waals surface area contributed by atoms with Crippen molar-refractivity contribution in [3.63, 3.8) is 0 Å². The van der Waals surface area contributed by atoms with Gasteiger partial charge < -0.3 is 20.6 Å². The molecule has 1 saturated heterocycles. The number of nitrogens with zero attached hydrogens (tertiary/aromatic N) is 2. The van der Waals surface area contributed by atoms with Crippen LogP contribution in [0, 0.1) is 5.92 Å². The van der Waals surface area contributed by atoms with Crippen LogP contribution in [0.2, 0.25) is 0 Å². The van der Waals surface area contributed by atoms with Crippen LogP contribution in [0.25, 0.3) is 0 Å². The number of anilines is 1. The van der Waals surface area contributed by atoms with Crippen LogP contribution in [0.5, 0.6) is 5.75 Å². The lowest BCUT2D eigenvalue weighted by Crippen LogP contribution is -2.49. The Bertz CT molecular complexity index is 524. The van der Waals surface area contributed by atoms with Crippen molar-refractivity contribution in [2.45, 2.75) is 38.1 Å². The first-order chi connectivity index (χ1) is 11.1. The van der Waals surface area contributed by atoms with E-state index in [0.29, 0.717) is 12.3 Å². The zero-order valence-corrected chi connectivity index (χ0v) is 13.7. The summed E-state index contributed by atoms with van der Waals surface area (Å²) in [4.78, 5) is 16.8. The summed E-state index contributed by atoms with van der Waals surface area (Å²) in [6.07, 6.45) is 5.19. The van der Waals surface area contributed by atoms with Crippen LogP contribution in [0.15, 0.2) is 24.3 Å². The number of aromatic hydroxyl groups is 1. The molecule has 0 spiro atoms. The minimum absolute atomic E-state index is 0.200. The van der Waals surface area contributed by atoms with E-state index in [1.165, 1.54) is 12.8 Å². The van der Waals surface area contributed by atoms with Gasteiger partial charge in [-0.3, -0.25) is 4.79 Å². The molecule has 1 aliphatic heterocycles. The summed E-state index contributed by atoms with van der Waals surface area (Å²) in [6.45, 7) is 3.21. The number of carbonyl (C=O) groups excluding carboxylic acids is 1. The first kappa shape index (κ1) is 16.1. The molecule has 1 aromatic carbocycles. The molecule has 23 heavy (non-hydrogen) atoms. The molecule has 126 valence electrons. The van der Waals surface area contributed by atoms with Crippen LogP contribution >= 0.6 is 0 Å². The SMILES string of the molecule is NC1CCCCC1CC(=O)N1CCN(c2ccc(O)cc2)CC1. The molecule has 2 atom stereocenters. The summed E-state index contributed by atoms with van der Waals surface area (Å²) in [5.41, 5.74) is 7.27. The second-order valence-electron chi connectivity index (χ2n) is 6.80. The van der Waals surface area contributed by atoms with Crippen LogP contribution in [0.3, 0.4) is 0 Å². The third-order valence-electron chi connectivity index (χ3n) is 5.25. The van der Waals surface area contributed by atoms with Crippen molar-refractivity contribution in [3.8, 4) is 5.75 Å². The number of hydrogen-bond donors (Lipinski definition) is 2. The van der Waals surface area contributed by atoms with E-state index >= 15 is 0 Å². The maximum absolute atomic E-state index is 12.5. The number of nitrogens with two attached hydrogens (primary N) is 1. The van der Waals surface area contributed by atoms with E-state index in [2.05, 4.69) is 4.90 Å². The number of amides is 1. The Labute approximate surface area is 138 Å². The summed E-state index contributed by atoms with van der Waals surface area (Å²) in [5, 5.41) is 9.37. The Morgan fingerprint density at radius 1 is 1.09 bits per heavy atom. The molecule has 1 saturated carbocycles. The number of rotatable bonds is 3. The molecule has 3 rings (SSSR count). The van der Waals surface area contributed by atoms with Gasteiger partial charge in [-0.25, -0.2) is 0 Å². The largest absolute Gasteiger partial charge is 0.508 e. The second-order valence-corrected chi connectivity index (χ2v) is 6.80. The Kier molecular flexibility index (Phi) is 5.06. The Morgan fingerprint density at radius 2 is 1.74 bits per heavy atom. The van der Waals surface area contributed by atoms with E-state index in [1.54, 1.807) is 12.1 Å². The number of carbonyl (C=O) groups is 1. The van der Waals surface area contributed by atoms with Crippen molar-refractivity contribution in [1.29, 1.82) is 0 Å². The smallest absolute Gasteiger partial charge is 0.223 e. The standard InChI is InChI=1S/C18H27N3O2/c19-17-4-2-1-3-14(17)13-18(23)21-11-9-20(10-12-21)15-5-7-16(22)8-6-15/h5-8,14,17,22H,1-4,9-13,19H2. The van der Waals surface area contributed by atoms with Crippen molar-refractivity contribution in [2.75, 3.05) is 31.1 Å². The molecule has 2 fully saturated rings. The number of phenols is 1. The van der Waals surface area contributed by atoms with Crippen molar-refractivity contribution < 1.29 is 9.90 Å². The summed E-state index contributed by atoms with van der Waals surface area (Å²) in [7, 11) is 0. The van der Waals surface area contributed by atoms with Crippen molar-refractivity contribution in [2.24, 2.45) is 11.7 Å². The van der Waals surface area contributed by atoms with Gasteiger partial charge in [-0.1, -0.05) is 12.8 Å². The van der Waals surface area contributed by atoms with Gasteiger partial charge in [0.1, 0.15) is 5.75 Å². The maximum atomic E-state index is 12.5. The zero-order chi connectivity index (χ0) is 16.2. The minimum Gasteiger partial charge on any atom is -0.508 e. The Balaban J connectivity index is 1.50. The molecule has 1 aliphatic carbocycles. The van der Waals surface area contributed by atoms with E-state index in [9.17, 15) is 9.90 Å². The molecule has 0 aromatic heterocycles. The van der Waals surface area contributed by atoms with Crippen LogP contribution in [-0.4, -0.2) is 48.1 Å². The molecule has 1 heterocycles. The molecule has 0 bridgehead atoms. The minimum atomic E-state index is 0.200. The molecular formula is C18H27N3O2. The third kappa shape index (κ3) is 3.96. The van der Waals surface area contributed by atoms with Gasteiger partial charge in [0.15, 0.2) is 0 Å². The fourth-order valence-corrected chi connectivity index (χ4v) is 3.72. The molecule has 5 heteroatoms. The molecular weight excluding hydrogens is 290 g/mol. The first-order valence-corrected chi connectivity index (χ1v) is 8.71. The lowest BCUT2D eigenvalue weighted by molar-refractivity contribution is -0.132. The molecule has 5 nitrogen and oxygen atoms in total. The molecule has 1 aromatic rings. The highest BCUT2D eigenvalue weighted by molar-refractivity contribution is 5.77. The number of hydrogen-bond acceptors (Lipinski definition) is 4. The Morgan fingerprint density at radius 3 is 2.39 bits per heavy atom. The van der Waals surface area contributed by atoms with Crippen LogP contribution in [0.1, 0.15) is 32.1 Å². The van der Waals surface area contributed by atoms with Crippen LogP contribution in [0.4, 0.5) is 5.69 Å². The Hall–Kier alpha value is -1.75. The number of phenolic OH excluding ortho intramolecular Hbond substituents is 1. The summed E-state index contributed by atoms with van der Waals surface area (Å²) in [6, 6.07) is 7.46. The van der Waals surface area contributed by atoms with E-state index in [0.717, 1.165) is 44.7 Å². The van der Waals surface area contributed by atoms with Gasteiger partial charge in [-0.05, 0) is 43.0 Å². The van der Waals surface area contributed by atoms with Gasteiger partial charge in [0, 0.05) is 44.3 Å². The quantitative estimate of drug-likeness (QED) is 0.894. The van der Waals surface area contributed by atoms with Gasteiger partial charge >= 0.3 is 0 Å². The monoisotopic (exact) mass is 317 g/mol. The fourth-order valence-electron chi connectivity index (χ4n) is 3.72. The third-order valence-corrected chi connectivity index (χ3v) is 5.25. The predicted molar refractivity (Wildman–Crippen MR) is 91.5 cm³/mol. The first-order valence-electron chi connectivity index (χ1n) is 8.71.